The van der Waals surface area contributed by atoms with Gasteiger partial charge >= 0.3 is 0 Å². The third-order valence-electron chi connectivity index (χ3n) is 5.67. The van der Waals surface area contributed by atoms with E-state index in [1.54, 1.807) is 0 Å². The van der Waals surface area contributed by atoms with Gasteiger partial charge in [-0.1, -0.05) is 80.1 Å². The molecule has 2 aliphatic rings. The van der Waals surface area contributed by atoms with Crippen molar-refractivity contribution in [2.75, 3.05) is 6.61 Å². The first-order valence-electron chi connectivity index (χ1n) is 11.7. The standard InChI is InChI=1S/C13H14O.C12H12O2.C4H10O/c1-10-7-8-13(14)12(10)9-11-5-3-2-4-6-11;13-11-6-7-12(14)10(11)8-9-4-2-1-3-5-9;1-4(2)3-5/h2-6H,7-9H2,1H3;1-5,13H,6-8H2;4-5H,3H2,1-2H3. The molecule has 0 aliphatic heterocycles. The lowest BCUT2D eigenvalue weighted by molar-refractivity contribution is -0.115. The molecule has 2 aromatic rings. The molecule has 2 aromatic carbocycles. The van der Waals surface area contributed by atoms with Gasteiger partial charge in [0, 0.05) is 44.3 Å². The zero-order valence-electron chi connectivity index (χ0n) is 20.0. The highest BCUT2D eigenvalue weighted by molar-refractivity contribution is 5.99. The maximum atomic E-state index is 11.5. The highest BCUT2D eigenvalue weighted by atomic mass is 16.3. The van der Waals surface area contributed by atoms with Gasteiger partial charge in [-0.15, -0.1) is 0 Å². The molecular weight excluding hydrogens is 412 g/mol. The van der Waals surface area contributed by atoms with E-state index >= 15 is 0 Å². The van der Waals surface area contributed by atoms with Crippen molar-refractivity contribution in [3.63, 3.8) is 0 Å². The van der Waals surface area contributed by atoms with Crippen molar-refractivity contribution in [2.24, 2.45) is 5.92 Å². The Morgan fingerprint density at radius 1 is 0.727 bits per heavy atom. The van der Waals surface area contributed by atoms with Gasteiger partial charge in [-0.3, -0.25) is 9.59 Å². The Kier molecular flexibility index (Phi) is 10.8. The normalized spacial score (nSPS) is 15.4. The zero-order valence-corrected chi connectivity index (χ0v) is 20.0. The molecule has 33 heavy (non-hydrogen) atoms. The molecule has 0 amide bonds. The van der Waals surface area contributed by atoms with Crippen LogP contribution < -0.4 is 0 Å². The molecule has 0 spiro atoms. The van der Waals surface area contributed by atoms with Crippen LogP contribution in [0.4, 0.5) is 0 Å². The number of aliphatic hydroxyl groups excluding tert-OH is 2. The first-order chi connectivity index (χ1) is 15.8. The van der Waals surface area contributed by atoms with E-state index in [1.165, 1.54) is 11.1 Å². The predicted octanol–water partition coefficient (Wildman–Crippen LogP) is 5.95. The van der Waals surface area contributed by atoms with Gasteiger partial charge in [-0.2, -0.15) is 0 Å². The maximum Gasteiger partial charge on any atom is 0.162 e. The summed E-state index contributed by atoms with van der Waals surface area (Å²) in [5.41, 5.74) is 5.22. The Morgan fingerprint density at radius 2 is 1.15 bits per heavy atom. The number of benzene rings is 2. The Morgan fingerprint density at radius 3 is 1.52 bits per heavy atom. The van der Waals surface area contributed by atoms with Crippen molar-refractivity contribution < 1.29 is 19.8 Å². The Balaban J connectivity index is 0.000000195. The van der Waals surface area contributed by atoms with Crippen LogP contribution in [0.1, 0.15) is 57.6 Å². The number of ketones is 2. The molecule has 0 saturated heterocycles. The van der Waals surface area contributed by atoms with Crippen LogP contribution in [0.25, 0.3) is 0 Å². The minimum absolute atomic E-state index is 0.0892. The molecule has 4 nitrogen and oxygen atoms in total. The van der Waals surface area contributed by atoms with Crippen LogP contribution in [0.3, 0.4) is 0 Å². The molecule has 4 rings (SSSR count). The minimum atomic E-state index is 0.0892. The van der Waals surface area contributed by atoms with Gasteiger partial charge in [0.15, 0.2) is 11.6 Å². The molecule has 0 saturated carbocycles. The number of hydrogen-bond donors (Lipinski definition) is 2. The van der Waals surface area contributed by atoms with Crippen LogP contribution in [0.15, 0.2) is 83.1 Å². The smallest absolute Gasteiger partial charge is 0.162 e. The summed E-state index contributed by atoms with van der Waals surface area (Å²) in [7, 11) is 0. The van der Waals surface area contributed by atoms with Gasteiger partial charge in [0.25, 0.3) is 0 Å². The summed E-state index contributed by atoms with van der Waals surface area (Å²) in [5.74, 6) is 1.14. The van der Waals surface area contributed by atoms with Crippen molar-refractivity contribution in [1.29, 1.82) is 0 Å². The lowest BCUT2D eigenvalue weighted by Gasteiger charge is -2.02. The average Bonchev–Trinajstić information content (AvgIpc) is 3.31. The van der Waals surface area contributed by atoms with Gasteiger partial charge < -0.3 is 10.2 Å². The predicted molar refractivity (Wildman–Crippen MR) is 133 cm³/mol. The van der Waals surface area contributed by atoms with E-state index in [2.05, 4.69) is 19.1 Å². The third-order valence-corrected chi connectivity index (χ3v) is 5.67. The van der Waals surface area contributed by atoms with Gasteiger partial charge in [0.05, 0.1) is 5.76 Å². The summed E-state index contributed by atoms with van der Waals surface area (Å²) in [6.45, 7) is 6.32. The quantitative estimate of drug-likeness (QED) is 0.593. The summed E-state index contributed by atoms with van der Waals surface area (Å²) in [6.07, 6.45) is 4.03. The van der Waals surface area contributed by atoms with Crippen molar-refractivity contribution in [1.82, 2.24) is 0 Å². The summed E-state index contributed by atoms with van der Waals surface area (Å²) in [4.78, 5) is 22.9. The average molecular weight is 449 g/mol. The molecule has 0 fully saturated rings. The van der Waals surface area contributed by atoms with Gasteiger partial charge in [-0.05, 0) is 36.0 Å². The van der Waals surface area contributed by atoms with Crippen LogP contribution in [0.5, 0.6) is 0 Å². The molecule has 2 aliphatic carbocycles. The van der Waals surface area contributed by atoms with Gasteiger partial charge in [-0.25, -0.2) is 0 Å². The molecule has 176 valence electrons. The SMILES string of the molecule is CC(C)CO.CC1=C(Cc2ccccc2)C(=O)CC1.O=C1CCC(O)=C1Cc1ccccc1. The largest absolute Gasteiger partial charge is 0.512 e. The number of Topliss-reactive ketones (excluding diaryl/α,β-unsaturated/α-hetero) is 2. The van der Waals surface area contributed by atoms with E-state index in [0.717, 1.165) is 24.0 Å². The molecule has 0 radical (unpaired) electrons. The highest BCUT2D eigenvalue weighted by Gasteiger charge is 2.22. The molecule has 0 unspecified atom stereocenters. The summed E-state index contributed by atoms with van der Waals surface area (Å²) < 4.78 is 0. The summed E-state index contributed by atoms with van der Waals surface area (Å²) >= 11 is 0. The summed E-state index contributed by atoms with van der Waals surface area (Å²) in [6, 6.07) is 19.9. The van der Waals surface area contributed by atoms with E-state index in [-0.39, 0.29) is 11.5 Å². The lowest BCUT2D eigenvalue weighted by Crippen LogP contribution is -2.00. The second kappa shape index (κ2) is 13.5. The van der Waals surface area contributed by atoms with Crippen LogP contribution in [0, 0.1) is 5.92 Å². The maximum absolute atomic E-state index is 11.5. The van der Waals surface area contributed by atoms with Crippen LogP contribution in [-0.4, -0.2) is 28.4 Å². The molecule has 2 N–H and O–H groups in total. The second-order valence-corrected chi connectivity index (χ2v) is 8.93. The van der Waals surface area contributed by atoms with E-state index in [9.17, 15) is 14.7 Å². The van der Waals surface area contributed by atoms with Gasteiger partial charge in [0.1, 0.15) is 0 Å². The van der Waals surface area contributed by atoms with Crippen LogP contribution >= 0.6 is 0 Å². The van der Waals surface area contributed by atoms with Crippen molar-refractivity contribution in [3.05, 3.63) is 94.3 Å². The molecule has 4 heteroatoms. The molecule has 0 heterocycles. The number of allylic oxidation sites excluding steroid dienone is 4. The fraction of sp³-hybridized carbons (Fsp3) is 0.379. The highest BCUT2D eigenvalue weighted by Crippen LogP contribution is 2.25. The first-order valence-corrected chi connectivity index (χ1v) is 11.7. The van der Waals surface area contributed by atoms with E-state index in [0.29, 0.717) is 49.6 Å². The second-order valence-electron chi connectivity index (χ2n) is 8.93. The molecule has 0 aromatic heterocycles. The zero-order chi connectivity index (χ0) is 24.2. The number of hydrogen-bond acceptors (Lipinski definition) is 4. The molecular formula is C29H36O4. The Hall–Kier alpha value is -2.98. The topological polar surface area (TPSA) is 74.6 Å². The number of carbonyl (C=O) groups excluding carboxylic acids is 2. The third kappa shape index (κ3) is 8.82. The fourth-order valence-corrected chi connectivity index (χ4v) is 3.59. The van der Waals surface area contributed by atoms with Crippen molar-refractivity contribution >= 4 is 11.6 Å². The Labute approximate surface area is 197 Å². The molecule has 0 atom stereocenters. The number of rotatable bonds is 5. The lowest BCUT2D eigenvalue weighted by atomic mass is 10.0. The van der Waals surface area contributed by atoms with Crippen LogP contribution in [-0.2, 0) is 22.4 Å². The Bertz CT molecular complexity index is 892. The monoisotopic (exact) mass is 448 g/mol. The van der Waals surface area contributed by atoms with E-state index in [1.807, 2.05) is 62.4 Å². The number of aliphatic hydroxyl groups is 2. The van der Waals surface area contributed by atoms with Crippen molar-refractivity contribution in [3.8, 4) is 0 Å². The van der Waals surface area contributed by atoms with E-state index in [4.69, 9.17) is 5.11 Å². The van der Waals surface area contributed by atoms with E-state index < -0.39 is 0 Å². The van der Waals surface area contributed by atoms with Crippen molar-refractivity contribution in [2.45, 2.75) is 59.3 Å². The van der Waals surface area contributed by atoms with Crippen LogP contribution in [0.2, 0.25) is 0 Å². The number of carbonyl (C=O) groups is 2. The van der Waals surface area contributed by atoms with Gasteiger partial charge in [0.2, 0.25) is 0 Å². The fourth-order valence-electron chi connectivity index (χ4n) is 3.59. The minimum Gasteiger partial charge on any atom is -0.512 e. The summed E-state index contributed by atoms with van der Waals surface area (Å²) in [5, 5.41) is 17.6. The molecule has 0 bridgehead atoms. The first kappa shape index (κ1) is 26.3.